The van der Waals surface area contributed by atoms with Gasteiger partial charge >= 0.3 is 11.9 Å². The molecule has 306 valence electrons. The maximum absolute atomic E-state index is 13.0. The van der Waals surface area contributed by atoms with Gasteiger partial charge in [0.2, 0.25) is 0 Å². The molecule has 7 rings (SSSR count). The first kappa shape index (κ1) is 40.5. The summed E-state index contributed by atoms with van der Waals surface area (Å²) in [4.78, 5) is 25.3. The lowest BCUT2D eigenvalue weighted by Crippen LogP contribution is -2.66. The Bertz CT molecular complexity index is 1510. The molecule has 2 saturated heterocycles. The summed E-state index contributed by atoms with van der Waals surface area (Å²) in [5.74, 6) is -1.53. The van der Waals surface area contributed by atoms with Crippen LogP contribution in [0, 0.1) is 50.2 Å². The molecule has 0 aromatic rings. The van der Waals surface area contributed by atoms with Gasteiger partial charge in [-0.25, -0.2) is 4.79 Å². The molecule has 13 heteroatoms. The van der Waals surface area contributed by atoms with Crippen molar-refractivity contribution < 1.29 is 64.3 Å². The van der Waals surface area contributed by atoms with E-state index in [0.717, 1.165) is 51.4 Å². The van der Waals surface area contributed by atoms with Crippen molar-refractivity contribution in [2.24, 2.45) is 50.2 Å². The highest BCUT2D eigenvalue weighted by atomic mass is 16.7. The maximum Gasteiger partial charge on any atom is 0.335 e. The fraction of sp³-hybridized carbons (Fsp3) is 0.902. The second-order valence-electron chi connectivity index (χ2n) is 20.3. The monoisotopic (exact) mass is 764 g/mol. The van der Waals surface area contributed by atoms with E-state index in [1.807, 2.05) is 0 Å². The topological polar surface area (TPSA) is 213 Å². The summed E-state index contributed by atoms with van der Waals surface area (Å²) in [6.45, 7) is 15.9. The van der Waals surface area contributed by atoms with Gasteiger partial charge in [0.15, 0.2) is 18.7 Å². The van der Waals surface area contributed by atoms with Crippen molar-refractivity contribution >= 4 is 11.9 Å². The van der Waals surface area contributed by atoms with E-state index in [0.29, 0.717) is 18.8 Å². The molecule has 13 nitrogen and oxygen atoms in total. The summed E-state index contributed by atoms with van der Waals surface area (Å²) in [7, 11) is 0. The van der Waals surface area contributed by atoms with Crippen molar-refractivity contribution in [3.63, 3.8) is 0 Å². The van der Waals surface area contributed by atoms with Gasteiger partial charge in [0.05, 0.1) is 18.1 Å². The number of carboxylic acids is 2. The Balaban J connectivity index is 1.13. The number of aliphatic hydroxyl groups excluding tert-OH is 5. The van der Waals surface area contributed by atoms with E-state index in [1.165, 1.54) is 5.57 Å². The summed E-state index contributed by atoms with van der Waals surface area (Å²) in [6, 6.07) is 0. The molecular weight excluding hydrogens is 700 g/mol. The van der Waals surface area contributed by atoms with E-state index in [-0.39, 0.29) is 40.1 Å². The maximum atomic E-state index is 13.0. The molecule has 0 amide bonds. The Morgan fingerprint density at radius 3 is 2.11 bits per heavy atom. The van der Waals surface area contributed by atoms with Crippen LogP contribution < -0.4 is 0 Å². The molecule has 2 heterocycles. The normalized spacial score (nSPS) is 52.4. The van der Waals surface area contributed by atoms with Crippen molar-refractivity contribution in [2.75, 3.05) is 6.61 Å². The molecule has 0 unspecified atom stereocenters. The Morgan fingerprint density at radius 2 is 1.44 bits per heavy atom. The van der Waals surface area contributed by atoms with Crippen LogP contribution >= 0.6 is 0 Å². The Kier molecular flexibility index (Phi) is 10.1. The summed E-state index contributed by atoms with van der Waals surface area (Å²) < 4.78 is 23.3. The molecule has 5 aliphatic carbocycles. The van der Waals surface area contributed by atoms with E-state index < -0.39 is 84.2 Å². The van der Waals surface area contributed by atoms with Crippen molar-refractivity contribution in [1.29, 1.82) is 0 Å². The van der Waals surface area contributed by atoms with E-state index >= 15 is 0 Å². The molecule has 7 N–H and O–H groups in total. The van der Waals surface area contributed by atoms with Gasteiger partial charge in [-0.15, -0.1) is 0 Å². The predicted octanol–water partition coefficient (Wildman–Crippen LogP) is 3.61. The third-order valence-electron chi connectivity index (χ3n) is 16.8. The second kappa shape index (κ2) is 13.4. The number of rotatable bonds is 6. The number of aliphatic hydroxyl groups is 5. The van der Waals surface area contributed by atoms with Crippen LogP contribution in [0.3, 0.4) is 0 Å². The molecule has 6 fully saturated rings. The van der Waals surface area contributed by atoms with Gasteiger partial charge in [0.1, 0.15) is 36.6 Å². The standard InChI is InChI=1S/C41H64O13/c1-36(2)14-16-41(35(49)50)17-15-39(6)20(21(41)18-36)8-9-24-38(5)12-11-25(37(3,4)23(38)10-13-40(24,39)7)52-34-29(46)30(28(45)31(54-34)32(47)48)53-33-27(44)26(43)22(42)19-51-33/h8,21-31,33-34,42-46H,9-19H2,1-7H3,(H,47,48)(H,49,50)/t21-,22+,23-,24+,25-,26-,27+,28-,29+,30-,31-,33-,34+,38-,39+,40+,41-/m1/s1. The minimum absolute atomic E-state index is 0.0359. The molecule has 0 spiro atoms. The van der Waals surface area contributed by atoms with Crippen LogP contribution in [-0.4, -0.2) is 116 Å². The second-order valence-corrected chi connectivity index (χ2v) is 20.3. The summed E-state index contributed by atoms with van der Waals surface area (Å²) in [5.41, 5.74) is 0.110. The largest absolute Gasteiger partial charge is 0.481 e. The highest BCUT2D eigenvalue weighted by Gasteiger charge is 2.69. The van der Waals surface area contributed by atoms with Gasteiger partial charge in [0.25, 0.3) is 0 Å². The summed E-state index contributed by atoms with van der Waals surface area (Å²) >= 11 is 0. The van der Waals surface area contributed by atoms with Crippen LogP contribution in [0.4, 0.5) is 0 Å². The molecule has 2 aliphatic heterocycles. The van der Waals surface area contributed by atoms with Crippen molar-refractivity contribution in [1.82, 2.24) is 0 Å². The number of allylic oxidation sites excluding steroid dienone is 2. The molecule has 0 aromatic heterocycles. The first-order valence-electron chi connectivity index (χ1n) is 20.2. The smallest absolute Gasteiger partial charge is 0.335 e. The fourth-order valence-corrected chi connectivity index (χ4v) is 13.4. The number of carboxylic acid groups (broad SMARTS) is 2. The van der Waals surface area contributed by atoms with E-state index in [2.05, 4.69) is 54.5 Å². The van der Waals surface area contributed by atoms with Gasteiger partial charge in [-0.1, -0.05) is 60.1 Å². The van der Waals surface area contributed by atoms with Gasteiger partial charge in [0, 0.05) is 0 Å². The molecule has 4 saturated carbocycles. The molecule has 17 atom stereocenters. The van der Waals surface area contributed by atoms with E-state index in [1.54, 1.807) is 0 Å². The Labute approximate surface area is 318 Å². The Hall–Kier alpha value is -1.68. The number of fused-ring (bicyclic) bond motifs is 7. The van der Waals surface area contributed by atoms with Crippen molar-refractivity contribution in [2.45, 2.75) is 174 Å². The predicted molar refractivity (Wildman–Crippen MR) is 192 cm³/mol. The molecule has 7 aliphatic rings. The van der Waals surface area contributed by atoms with Gasteiger partial charge in [-0.2, -0.15) is 0 Å². The van der Waals surface area contributed by atoms with Crippen LogP contribution in [-0.2, 0) is 28.5 Å². The zero-order valence-electron chi connectivity index (χ0n) is 32.9. The van der Waals surface area contributed by atoms with Crippen molar-refractivity contribution in [3.05, 3.63) is 11.6 Å². The SMILES string of the molecule is CC1(C)CC[C@@]2(C(=O)O)CC[C@@]3(C)C(=CC[C@H]4[C@]5(C)CC[C@@H](O[C@H]6O[C@@H](C(=O)O)[C@H](O)[C@@H](O[C@H]7OC[C@H](O)[C@@H](O)[C@@H]7O)[C@@H]6O)C(C)(C)[C@H]5CC[C@@]43C)[C@H]2C1. The first-order valence-corrected chi connectivity index (χ1v) is 20.2. The van der Waals surface area contributed by atoms with Crippen LogP contribution in [0.25, 0.3) is 0 Å². The average molecular weight is 765 g/mol. The number of hydrogen-bond acceptors (Lipinski definition) is 11. The Morgan fingerprint density at radius 1 is 0.759 bits per heavy atom. The van der Waals surface area contributed by atoms with Crippen LogP contribution in [0.2, 0.25) is 0 Å². The molecule has 0 bridgehead atoms. The lowest BCUT2D eigenvalue weighted by atomic mass is 9.33. The highest BCUT2D eigenvalue weighted by Crippen LogP contribution is 2.76. The molecular formula is C41H64O13. The molecule has 0 radical (unpaired) electrons. The average Bonchev–Trinajstić information content (AvgIpc) is 3.08. The lowest BCUT2D eigenvalue weighted by Gasteiger charge is -2.71. The third-order valence-corrected chi connectivity index (χ3v) is 16.8. The van der Waals surface area contributed by atoms with E-state index in [9.17, 15) is 45.3 Å². The summed E-state index contributed by atoms with van der Waals surface area (Å²) in [6.07, 6.45) is -4.35. The quantitative estimate of drug-likeness (QED) is 0.152. The highest BCUT2D eigenvalue weighted by molar-refractivity contribution is 5.76. The molecule has 54 heavy (non-hydrogen) atoms. The zero-order chi connectivity index (χ0) is 39.6. The van der Waals surface area contributed by atoms with Crippen molar-refractivity contribution in [3.8, 4) is 0 Å². The van der Waals surface area contributed by atoms with Crippen LogP contribution in [0.5, 0.6) is 0 Å². The van der Waals surface area contributed by atoms with Gasteiger partial charge in [-0.3, -0.25) is 4.79 Å². The molecule has 0 aromatic carbocycles. The van der Waals surface area contributed by atoms with Crippen LogP contribution in [0.15, 0.2) is 11.6 Å². The number of ether oxygens (including phenoxy) is 4. The third kappa shape index (κ3) is 5.88. The minimum Gasteiger partial charge on any atom is -0.481 e. The number of hydrogen-bond donors (Lipinski definition) is 7. The summed E-state index contributed by atoms with van der Waals surface area (Å²) in [5, 5.41) is 73.6. The number of carbonyl (C=O) groups is 2. The number of aliphatic carboxylic acids is 2. The van der Waals surface area contributed by atoms with Gasteiger partial charge < -0.3 is 54.7 Å². The first-order chi connectivity index (χ1) is 25.0. The van der Waals surface area contributed by atoms with Gasteiger partial charge in [-0.05, 0) is 109 Å². The lowest BCUT2D eigenvalue weighted by molar-refractivity contribution is -0.357. The van der Waals surface area contributed by atoms with Crippen LogP contribution in [0.1, 0.15) is 113 Å². The minimum atomic E-state index is -1.86. The zero-order valence-corrected chi connectivity index (χ0v) is 32.9. The van der Waals surface area contributed by atoms with E-state index in [4.69, 9.17) is 18.9 Å². The fourth-order valence-electron chi connectivity index (χ4n) is 13.4.